The van der Waals surface area contributed by atoms with Gasteiger partial charge in [0, 0.05) is 12.8 Å². The van der Waals surface area contributed by atoms with Crippen LogP contribution >= 0.6 is 0 Å². The van der Waals surface area contributed by atoms with Crippen LogP contribution < -0.4 is 0 Å². The SMILES string of the molecule is CCCCOC(=O)C[C@@H]1C[C@H](OCOCc2ccccc2)C[C@H](/C=C/c2ccccc2)O1. The van der Waals surface area contributed by atoms with Gasteiger partial charge in [0.15, 0.2) is 0 Å². The van der Waals surface area contributed by atoms with Gasteiger partial charge in [-0.05, 0) is 17.5 Å². The Morgan fingerprint density at radius 1 is 1.06 bits per heavy atom. The molecule has 2 aromatic rings. The first kappa shape index (κ1) is 24.2. The highest BCUT2D eigenvalue weighted by Crippen LogP contribution is 2.26. The topological polar surface area (TPSA) is 54.0 Å². The van der Waals surface area contributed by atoms with Gasteiger partial charge >= 0.3 is 5.97 Å². The van der Waals surface area contributed by atoms with Gasteiger partial charge in [-0.15, -0.1) is 0 Å². The van der Waals surface area contributed by atoms with Gasteiger partial charge in [-0.1, -0.05) is 86.2 Å². The lowest BCUT2D eigenvalue weighted by atomic mass is 9.98. The van der Waals surface area contributed by atoms with Gasteiger partial charge in [0.2, 0.25) is 0 Å². The van der Waals surface area contributed by atoms with E-state index in [0.29, 0.717) is 19.6 Å². The minimum absolute atomic E-state index is 0.0432. The van der Waals surface area contributed by atoms with E-state index in [0.717, 1.165) is 30.4 Å². The van der Waals surface area contributed by atoms with Crippen molar-refractivity contribution in [3.63, 3.8) is 0 Å². The zero-order valence-corrected chi connectivity index (χ0v) is 18.9. The van der Waals surface area contributed by atoms with Crippen LogP contribution in [0.3, 0.4) is 0 Å². The number of esters is 1. The molecule has 0 spiro atoms. The minimum atomic E-state index is -0.234. The van der Waals surface area contributed by atoms with Gasteiger partial charge in [-0.25, -0.2) is 0 Å². The third-order valence-electron chi connectivity index (χ3n) is 5.35. The second-order valence-corrected chi connectivity index (χ2v) is 8.06. The highest BCUT2D eigenvalue weighted by molar-refractivity contribution is 5.70. The molecular weight excluding hydrogens is 404 g/mol. The average Bonchev–Trinajstić information content (AvgIpc) is 2.82. The molecule has 1 fully saturated rings. The molecule has 2 aromatic carbocycles. The number of unbranched alkanes of at least 4 members (excludes halogenated alkanes) is 1. The van der Waals surface area contributed by atoms with Gasteiger partial charge in [-0.3, -0.25) is 4.79 Å². The number of hydrogen-bond donors (Lipinski definition) is 0. The van der Waals surface area contributed by atoms with E-state index in [-0.39, 0.29) is 37.5 Å². The Morgan fingerprint density at radius 3 is 2.56 bits per heavy atom. The van der Waals surface area contributed by atoms with E-state index in [2.05, 4.69) is 13.0 Å². The number of carbonyl (C=O) groups is 1. The Morgan fingerprint density at radius 2 is 1.81 bits per heavy atom. The first-order chi connectivity index (χ1) is 15.7. The monoisotopic (exact) mass is 438 g/mol. The molecule has 3 rings (SSSR count). The number of benzene rings is 2. The molecule has 0 saturated carbocycles. The third-order valence-corrected chi connectivity index (χ3v) is 5.35. The third kappa shape index (κ3) is 8.95. The van der Waals surface area contributed by atoms with Crippen LogP contribution in [0.1, 0.15) is 50.2 Å². The van der Waals surface area contributed by atoms with E-state index in [1.165, 1.54) is 0 Å². The molecule has 0 unspecified atom stereocenters. The fourth-order valence-corrected chi connectivity index (χ4v) is 3.63. The van der Waals surface area contributed by atoms with E-state index < -0.39 is 0 Å². The molecule has 0 amide bonds. The Hall–Kier alpha value is -2.47. The smallest absolute Gasteiger partial charge is 0.308 e. The van der Waals surface area contributed by atoms with Gasteiger partial charge in [0.25, 0.3) is 0 Å². The number of carbonyl (C=O) groups excluding carboxylic acids is 1. The van der Waals surface area contributed by atoms with Crippen LogP contribution in [0.4, 0.5) is 0 Å². The Kier molecular flexibility index (Phi) is 10.5. The van der Waals surface area contributed by atoms with Gasteiger partial charge < -0.3 is 18.9 Å². The molecule has 172 valence electrons. The molecule has 3 atom stereocenters. The molecule has 0 bridgehead atoms. The summed E-state index contributed by atoms with van der Waals surface area (Å²) in [7, 11) is 0. The van der Waals surface area contributed by atoms with Gasteiger partial charge in [0.05, 0.1) is 37.9 Å². The maximum atomic E-state index is 12.2. The molecule has 1 aliphatic rings. The van der Waals surface area contributed by atoms with Crippen molar-refractivity contribution in [1.82, 2.24) is 0 Å². The van der Waals surface area contributed by atoms with Crippen LogP contribution in [0.15, 0.2) is 66.7 Å². The fourth-order valence-electron chi connectivity index (χ4n) is 3.63. The average molecular weight is 439 g/mol. The van der Waals surface area contributed by atoms with E-state index >= 15 is 0 Å². The van der Waals surface area contributed by atoms with Crippen LogP contribution in [0, 0.1) is 0 Å². The van der Waals surface area contributed by atoms with Crippen LogP contribution in [0.2, 0.25) is 0 Å². The lowest BCUT2D eigenvalue weighted by molar-refractivity contribution is -0.162. The van der Waals surface area contributed by atoms with Crippen molar-refractivity contribution in [2.75, 3.05) is 13.4 Å². The van der Waals surface area contributed by atoms with Crippen LogP contribution in [-0.2, 0) is 30.3 Å². The first-order valence-electron chi connectivity index (χ1n) is 11.5. The van der Waals surface area contributed by atoms with Crippen molar-refractivity contribution in [2.24, 2.45) is 0 Å². The predicted molar refractivity (Wildman–Crippen MR) is 125 cm³/mol. The molecule has 0 aromatic heterocycles. The van der Waals surface area contributed by atoms with Crippen molar-refractivity contribution in [2.45, 2.75) is 63.9 Å². The zero-order chi connectivity index (χ0) is 22.4. The largest absolute Gasteiger partial charge is 0.466 e. The van der Waals surface area contributed by atoms with E-state index in [9.17, 15) is 4.79 Å². The van der Waals surface area contributed by atoms with Crippen molar-refractivity contribution in [1.29, 1.82) is 0 Å². The molecular formula is C27H34O5. The standard InChI is InChI=1S/C27H34O5/c1-2-3-16-30-27(28)19-26-18-25(31-21-29-20-23-12-8-5-9-13-23)17-24(32-26)15-14-22-10-6-4-7-11-22/h4-15,24-26H,2-3,16-21H2,1H3/b15-14+/t24-,25+,26-/m0/s1. The summed E-state index contributed by atoms with van der Waals surface area (Å²) >= 11 is 0. The summed E-state index contributed by atoms with van der Waals surface area (Å²) in [6.07, 6.45) is 7.18. The molecule has 32 heavy (non-hydrogen) atoms. The summed E-state index contributed by atoms with van der Waals surface area (Å²) in [6, 6.07) is 20.1. The summed E-state index contributed by atoms with van der Waals surface area (Å²) in [5, 5.41) is 0. The van der Waals surface area contributed by atoms with Gasteiger partial charge in [0.1, 0.15) is 6.79 Å². The zero-order valence-electron chi connectivity index (χ0n) is 18.9. The highest BCUT2D eigenvalue weighted by Gasteiger charge is 2.30. The van der Waals surface area contributed by atoms with Gasteiger partial charge in [-0.2, -0.15) is 0 Å². The lowest BCUT2D eigenvalue weighted by Gasteiger charge is -2.33. The molecule has 1 heterocycles. The van der Waals surface area contributed by atoms with Crippen molar-refractivity contribution >= 4 is 12.0 Å². The Bertz CT molecular complexity index is 805. The Labute approximate surface area is 191 Å². The van der Waals surface area contributed by atoms with Crippen molar-refractivity contribution in [3.05, 3.63) is 77.9 Å². The Balaban J connectivity index is 1.52. The summed E-state index contributed by atoms with van der Waals surface area (Å²) in [5.41, 5.74) is 2.22. The summed E-state index contributed by atoms with van der Waals surface area (Å²) in [4.78, 5) is 12.2. The summed E-state index contributed by atoms with van der Waals surface area (Å²) in [5.74, 6) is -0.213. The van der Waals surface area contributed by atoms with Crippen LogP contribution in [0.25, 0.3) is 6.08 Å². The van der Waals surface area contributed by atoms with Crippen molar-refractivity contribution < 1.29 is 23.7 Å². The molecule has 1 saturated heterocycles. The first-order valence-corrected chi connectivity index (χ1v) is 11.5. The van der Waals surface area contributed by atoms with E-state index in [1.807, 2.05) is 66.7 Å². The number of hydrogen-bond acceptors (Lipinski definition) is 5. The maximum Gasteiger partial charge on any atom is 0.308 e. The maximum absolute atomic E-state index is 12.2. The molecule has 5 nitrogen and oxygen atoms in total. The lowest BCUT2D eigenvalue weighted by Crippen LogP contribution is -2.38. The van der Waals surface area contributed by atoms with E-state index in [1.54, 1.807) is 0 Å². The normalized spacial score (nSPS) is 21.0. The summed E-state index contributed by atoms with van der Waals surface area (Å²) < 4.78 is 23.2. The van der Waals surface area contributed by atoms with E-state index in [4.69, 9.17) is 18.9 Å². The fraction of sp³-hybridized carbons (Fsp3) is 0.444. The molecule has 0 aliphatic carbocycles. The van der Waals surface area contributed by atoms with Crippen LogP contribution in [-0.4, -0.2) is 37.7 Å². The summed E-state index contributed by atoms with van der Waals surface area (Å²) in [6.45, 7) is 3.26. The van der Waals surface area contributed by atoms with Crippen molar-refractivity contribution in [3.8, 4) is 0 Å². The molecule has 1 aliphatic heterocycles. The highest BCUT2D eigenvalue weighted by atomic mass is 16.7. The molecule has 0 N–H and O–H groups in total. The molecule has 5 heteroatoms. The molecule has 0 radical (unpaired) electrons. The van der Waals surface area contributed by atoms with Crippen LogP contribution in [0.5, 0.6) is 0 Å². The predicted octanol–water partition coefficient (Wildman–Crippen LogP) is 5.54. The number of rotatable bonds is 12. The second kappa shape index (κ2) is 13.8. The second-order valence-electron chi connectivity index (χ2n) is 8.06. The number of ether oxygens (including phenoxy) is 4. The minimum Gasteiger partial charge on any atom is -0.466 e. The quantitative estimate of drug-likeness (QED) is 0.247.